The molecule has 0 radical (unpaired) electrons. The van der Waals surface area contributed by atoms with Crippen LogP contribution in [0.5, 0.6) is 0 Å². The highest BCUT2D eigenvalue weighted by atomic mass is 32.2. The fraction of sp³-hybridized carbons (Fsp3) is 0.143. The van der Waals surface area contributed by atoms with Gasteiger partial charge in [0.1, 0.15) is 4.88 Å². The Balaban J connectivity index is 1.97. The molecule has 9 heteroatoms. The van der Waals surface area contributed by atoms with Gasteiger partial charge in [0.2, 0.25) is 0 Å². The standard InChI is InChI=1S/C21H19NO6S2/c1-13-17(19(23)27-2)21(29-18(13)20(24)28-3)30(25,26)22-16-11-9-15(10-12-16)14-7-5-4-6-8-14/h4-12,22H,1-3H3. The molecule has 3 rings (SSSR count). The zero-order valence-corrected chi connectivity index (χ0v) is 18.1. The number of anilines is 1. The molecule has 30 heavy (non-hydrogen) atoms. The highest BCUT2D eigenvalue weighted by Gasteiger charge is 2.32. The first-order valence-corrected chi connectivity index (χ1v) is 11.1. The van der Waals surface area contributed by atoms with E-state index in [0.29, 0.717) is 17.0 Å². The molecule has 0 saturated heterocycles. The van der Waals surface area contributed by atoms with Gasteiger partial charge in [-0.1, -0.05) is 42.5 Å². The summed E-state index contributed by atoms with van der Waals surface area (Å²) in [4.78, 5) is 24.2. The number of hydrogen-bond acceptors (Lipinski definition) is 7. The number of hydrogen-bond donors (Lipinski definition) is 1. The maximum atomic E-state index is 13.0. The predicted octanol–water partition coefficient (Wildman–Crippen LogP) is 4.10. The van der Waals surface area contributed by atoms with Crippen LogP contribution in [0.2, 0.25) is 0 Å². The quantitative estimate of drug-likeness (QED) is 0.574. The molecule has 0 aliphatic carbocycles. The third-order valence-corrected chi connectivity index (χ3v) is 7.53. The van der Waals surface area contributed by atoms with E-state index >= 15 is 0 Å². The van der Waals surface area contributed by atoms with Gasteiger partial charge in [0.05, 0.1) is 19.8 Å². The summed E-state index contributed by atoms with van der Waals surface area (Å²) >= 11 is 0.663. The van der Waals surface area contributed by atoms with Crippen LogP contribution in [0, 0.1) is 6.92 Å². The average Bonchev–Trinajstić information content (AvgIpc) is 3.11. The molecule has 156 valence electrons. The van der Waals surface area contributed by atoms with E-state index in [2.05, 4.69) is 9.46 Å². The predicted molar refractivity (Wildman–Crippen MR) is 114 cm³/mol. The molecule has 0 atom stereocenters. The number of esters is 2. The van der Waals surface area contributed by atoms with Crippen molar-refractivity contribution in [2.24, 2.45) is 0 Å². The number of sulfonamides is 1. The maximum absolute atomic E-state index is 13.0. The third-order valence-electron chi connectivity index (χ3n) is 4.36. The van der Waals surface area contributed by atoms with E-state index in [1.54, 1.807) is 24.3 Å². The summed E-state index contributed by atoms with van der Waals surface area (Å²) in [6.45, 7) is 1.47. The van der Waals surface area contributed by atoms with E-state index in [4.69, 9.17) is 4.74 Å². The van der Waals surface area contributed by atoms with Crippen molar-refractivity contribution in [2.75, 3.05) is 18.9 Å². The van der Waals surface area contributed by atoms with Crippen LogP contribution in [0.4, 0.5) is 5.69 Å². The number of thiophene rings is 1. The van der Waals surface area contributed by atoms with Gasteiger partial charge in [-0.25, -0.2) is 18.0 Å². The summed E-state index contributed by atoms with van der Waals surface area (Å²) in [6.07, 6.45) is 0. The van der Waals surface area contributed by atoms with Gasteiger partial charge in [0.15, 0.2) is 4.21 Å². The van der Waals surface area contributed by atoms with Gasteiger partial charge in [-0.3, -0.25) is 4.72 Å². The lowest BCUT2D eigenvalue weighted by molar-refractivity contribution is 0.0596. The maximum Gasteiger partial charge on any atom is 0.348 e. The molecule has 0 spiro atoms. The average molecular weight is 446 g/mol. The van der Waals surface area contributed by atoms with E-state index in [9.17, 15) is 18.0 Å². The smallest absolute Gasteiger partial charge is 0.348 e. The van der Waals surface area contributed by atoms with E-state index in [1.807, 2.05) is 30.3 Å². The highest BCUT2D eigenvalue weighted by molar-refractivity contribution is 7.94. The molecule has 3 aromatic rings. The van der Waals surface area contributed by atoms with Crippen molar-refractivity contribution in [1.29, 1.82) is 0 Å². The summed E-state index contributed by atoms with van der Waals surface area (Å²) in [7, 11) is -1.84. The molecule has 1 N–H and O–H groups in total. The SMILES string of the molecule is COC(=O)c1sc(S(=O)(=O)Nc2ccc(-c3ccccc3)cc2)c(C(=O)OC)c1C. The van der Waals surface area contributed by atoms with Gasteiger partial charge in [-0.2, -0.15) is 0 Å². The Kier molecular flexibility index (Phi) is 6.23. The van der Waals surface area contributed by atoms with Crippen LogP contribution in [0.15, 0.2) is 58.8 Å². The van der Waals surface area contributed by atoms with Crippen LogP contribution in [0.3, 0.4) is 0 Å². The zero-order valence-electron chi connectivity index (χ0n) is 16.5. The van der Waals surface area contributed by atoms with E-state index in [1.165, 1.54) is 14.0 Å². The molecule has 0 amide bonds. The summed E-state index contributed by atoms with van der Waals surface area (Å²) in [6, 6.07) is 16.5. The van der Waals surface area contributed by atoms with Gasteiger partial charge < -0.3 is 9.47 Å². The van der Waals surface area contributed by atoms with Crippen LogP contribution >= 0.6 is 11.3 Å². The number of nitrogens with one attached hydrogen (secondary N) is 1. The van der Waals surface area contributed by atoms with Crippen LogP contribution in [0.1, 0.15) is 25.6 Å². The number of ether oxygens (including phenoxy) is 2. The Morgan fingerprint density at radius 3 is 2.00 bits per heavy atom. The summed E-state index contributed by atoms with van der Waals surface area (Å²) in [5.74, 6) is -1.57. The molecule has 0 aliphatic rings. The first-order valence-electron chi connectivity index (χ1n) is 8.76. The largest absolute Gasteiger partial charge is 0.465 e. The van der Waals surface area contributed by atoms with Crippen molar-refractivity contribution in [3.63, 3.8) is 0 Å². The van der Waals surface area contributed by atoms with Gasteiger partial charge in [0.25, 0.3) is 10.0 Å². The number of methoxy groups -OCH3 is 2. The lowest BCUT2D eigenvalue weighted by atomic mass is 10.1. The highest BCUT2D eigenvalue weighted by Crippen LogP contribution is 2.34. The van der Waals surface area contributed by atoms with E-state index in [-0.39, 0.29) is 20.2 Å². The number of rotatable bonds is 6. The Hall–Kier alpha value is -3.17. The molecular formula is C21H19NO6S2. The summed E-state index contributed by atoms with van der Waals surface area (Å²) in [5, 5.41) is 0. The molecule has 0 unspecified atom stereocenters. The van der Waals surface area contributed by atoms with Gasteiger partial charge in [-0.15, -0.1) is 11.3 Å². The Morgan fingerprint density at radius 1 is 0.867 bits per heavy atom. The topological polar surface area (TPSA) is 98.8 Å². The molecule has 7 nitrogen and oxygen atoms in total. The summed E-state index contributed by atoms with van der Waals surface area (Å²) in [5.41, 5.74) is 2.25. The monoisotopic (exact) mass is 445 g/mol. The van der Waals surface area contributed by atoms with Crippen molar-refractivity contribution in [1.82, 2.24) is 0 Å². The van der Waals surface area contributed by atoms with E-state index < -0.39 is 22.0 Å². The minimum absolute atomic E-state index is 0.0256. The lowest BCUT2D eigenvalue weighted by Crippen LogP contribution is -2.16. The Labute approximate surface area is 178 Å². The van der Waals surface area contributed by atoms with Crippen LogP contribution in [-0.4, -0.2) is 34.6 Å². The van der Waals surface area contributed by atoms with Gasteiger partial charge >= 0.3 is 11.9 Å². The zero-order chi connectivity index (χ0) is 21.9. The molecule has 0 aliphatic heterocycles. The molecule has 1 aromatic heterocycles. The lowest BCUT2D eigenvalue weighted by Gasteiger charge is -2.09. The number of carbonyl (C=O) groups is 2. The summed E-state index contributed by atoms with van der Waals surface area (Å²) < 4.78 is 37.6. The molecular weight excluding hydrogens is 426 g/mol. The Bertz CT molecular complexity index is 1180. The third kappa shape index (κ3) is 4.22. The minimum Gasteiger partial charge on any atom is -0.465 e. The first kappa shape index (κ1) is 21.5. The van der Waals surface area contributed by atoms with Crippen molar-refractivity contribution in [3.05, 3.63) is 70.6 Å². The van der Waals surface area contributed by atoms with Crippen molar-refractivity contribution in [2.45, 2.75) is 11.1 Å². The molecule has 0 saturated carbocycles. The van der Waals surface area contributed by atoms with Gasteiger partial charge in [-0.05, 0) is 35.7 Å². The first-order chi connectivity index (χ1) is 14.3. The fourth-order valence-electron chi connectivity index (χ4n) is 2.86. The fourth-order valence-corrected chi connectivity index (χ4v) is 5.67. The van der Waals surface area contributed by atoms with Crippen LogP contribution in [0.25, 0.3) is 11.1 Å². The molecule has 0 bridgehead atoms. The second kappa shape index (κ2) is 8.68. The van der Waals surface area contributed by atoms with E-state index in [0.717, 1.165) is 18.2 Å². The Morgan fingerprint density at radius 2 is 1.43 bits per heavy atom. The van der Waals surface area contributed by atoms with Gasteiger partial charge in [0, 0.05) is 5.69 Å². The van der Waals surface area contributed by atoms with Crippen LogP contribution < -0.4 is 4.72 Å². The van der Waals surface area contributed by atoms with Crippen molar-refractivity contribution >= 4 is 39.0 Å². The van der Waals surface area contributed by atoms with Crippen molar-refractivity contribution in [3.8, 4) is 11.1 Å². The van der Waals surface area contributed by atoms with Crippen molar-refractivity contribution < 1.29 is 27.5 Å². The molecule has 2 aromatic carbocycles. The number of carbonyl (C=O) groups excluding carboxylic acids is 2. The minimum atomic E-state index is -4.16. The second-order valence-electron chi connectivity index (χ2n) is 6.25. The molecule has 0 fully saturated rings. The normalized spacial score (nSPS) is 11.0. The number of benzene rings is 2. The van der Waals surface area contributed by atoms with Crippen LogP contribution in [-0.2, 0) is 19.5 Å². The second-order valence-corrected chi connectivity index (χ2v) is 9.15. The molecule has 1 heterocycles.